The molecule has 0 radical (unpaired) electrons. The minimum absolute atomic E-state index is 0.0254. The number of likely N-dealkylation sites (N-methyl/N-ethyl adjacent to an activating group) is 1. The second-order valence-electron chi connectivity index (χ2n) is 15.8. The number of phenolic OH excluding ortho intramolecular Hbond substituents is 2. The summed E-state index contributed by atoms with van der Waals surface area (Å²) in [6, 6.07) is 12.7. The summed E-state index contributed by atoms with van der Waals surface area (Å²) >= 11 is 6.10. The lowest BCUT2D eigenvalue weighted by atomic mass is 9.96. The summed E-state index contributed by atoms with van der Waals surface area (Å²) in [6.45, 7) is 3.22. The third-order valence-electron chi connectivity index (χ3n) is 10.9. The summed E-state index contributed by atoms with van der Waals surface area (Å²) in [4.78, 5) is 96.1. The fourth-order valence-corrected chi connectivity index (χ4v) is 7.22. The van der Waals surface area contributed by atoms with E-state index in [-0.39, 0.29) is 68.0 Å². The van der Waals surface area contributed by atoms with Crippen LogP contribution in [0.15, 0.2) is 72.8 Å². The Kier molecular flexibility index (Phi) is 19.0. The average Bonchev–Trinajstić information content (AvgIpc) is 3.25. The molecule has 6 atom stereocenters. The van der Waals surface area contributed by atoms with E-state index in [0.29, 0.717) is 24.0 Å². The number of benzene rings is 3. The zero-order valence-electron chi connectivity index (χ0n) is 35.7. The van der Waals surface area contributed by atoms with Crippen LogP contribution in [0, 0.1) is 5.92 Å². The monoisotopic (exact) mass is 891 g/mol. The fourth-order valence-electron chi connectivity index (χ4n) is 7.02. The van der Waals surface area contributed by atoms with Gasteiger partial charge in [-0.1, -0.05) is 80.4 Å². The number of rotatable bonds is 13. The number of nitrogens with zero attached hydrogens (tertiary/aromatic N) is 1. The number of carbonyl (C=O) groups is 7. The molecule has 0 bridgehead atoms. The van der Waals surface area contributed by atoms with Crippen LogP contribution in [0.2, 0.25) is 5.02 Å². The summed E-state index contributed by atoms with van der Waals surface area (Å²) in [7, 11) is 1.39. The summed E-state index contributed by atoms with van der Waals surface area (Å²) in [5.74, 6) is -4.99. The first-order valence-electron chi connectivity index (χ1n) is 21.1. The number of amides is 7. The van der Waals surface area contributed by atoms with Crippen LogP contribution in [0.1, 0.15) is 69.1 Å². The summed E-state index contributed by atoms with van der Waals surface area (Å²) in [5.41, 5.74) is 2.11. The number of phenols is 2. The summed E-state index contributed by atoms with van der Waals surface area (Å²) < 4.78 is 0. The van der Waals surface area contributed by atoms with E-state index in [2.05, 4.69) is 31.9 Å². The number of carboxylic acid groups (broad SMARTS) is 1. The Morgan fingerprint density at radius 3 is 2.16 bits per heavy atom. The zero-order chi connectivity index (χ0) is 46.1. The van der Waals surface area contributed by atoms with Crippen molar-refractivity contribution >= 4 is 53.1 Å². The minimum Gasteiger partial charge on any atom is -0.508 e. The van der Waals surface area contributed by atoms with Gasteiger partial charge in [-0.05, 0) is 91.8 Å². The fraction of sp³-hybridized carbons (Fsp3) is 0.444. The van der Waals surface area contributed by atoms with E-state index in [9.17, 15) is 48.9 Å². The molecular weight excluding hydrogens is 834 g/mol. The molecule has 17 nitrogen and oxygen atoms in total. The molecule has 1 saturated heterocycles. The van der Waals surface area contributed by atoms with E-state index in [4.69, 9.17) is 11.6 Å². The van der Waals surface area contributed by atoms with Crippen molar-refractivity contribution in [2.75, 3.05) is 20.1 Å². The quantitative estimate of drug-likeness (QED) is 0.121. The Bertz CT molecular complexity index is 2060. The van der Waals surface area contributed by atoms with Gasteiger partial charge in [0.25, 0.3) is 0 Å². The SMILES string of the molecule is CC[C@@H](C)[C@@H]1NC(=O)[C@H](NC(=O)N[C@@H](Cc2ccccc2)C(=O)O)CCCCNC(=O)[C@H](CCc2ccc(O)c(Cl)c2)NC(=O)CN(C)C(=O)[C@H](CCc2ccc(O)cc2)NC1=O. The van der Waals surface area contributed by atoms with Gasteiger partial charge in [0.15, 0.2) is 0 Å². The van der Waals surface area contributed by atoms with Gasteiger partial charge >= 0.3 is 12.0 Å². The maximum atomic E-state index is 14.2. The van der Waals surface area contributed by atoms with Crippen LogP contribution in [0.4, 0.5) is 4.79 Å². The minimum atomic E-state index is -1.33. The van der Waals surface area contributed by atoms with Gasteiger partial charge in [0.1, 0.15) is 41.7 Å². The normalized spacial score (nSPS) is 20.6. The molecule has 1 fully saturated rings. The maximum Gasteiger partial charge on any atom is 0.326 e. The second-order valence-corrected chi connectivity index (χ2v) is 16.2. The Balaban J connectivity index is 1.62. The molecule has 9 N–H and O–H groups in total. The Morgan fingerprint density at radius 1 is 0.825 bits per heavy atom. The molecule has 0 unspecified atom stereocenters. The number of nitrogens with one attached hydrogen (secondary N) is 6. The molecule has 3 aromatic carbocycles. The first-order chi connectivity index (χ1) is 30.0. The number of aromatic hydroxyl groups is 2. The van der Waals surface area contributed by atoms with Crippen LogP contribution in [-0.2, 0) is 48.0 Å². The Labute approximate surface area is 371 Å². The van der Waals surface area contributed by atoms with Crippen molar-refractivity contribution in [1.29, 1.82) is 0 Å². The number of hydrogen-bond acceptors (Lipinski definition) is 9. The van der Waals surface area contributed by atoms with Crippen LogP contribution < -0.4 is 31.9 Å². The van der Waals surface area contributed by atoms with Crippen molar-refractivity contribution in [3.63, 3.8) is 0 Å². The molecular formula is C45H58ClN7O10. The number of hydrogen-bond donors (Lipinski definition) is 9. The van der Waals surface area contributed by atoms with E-state index in [1.807, 2.05) is 6.92 Å². The molecule has 7 amide bonds. The van der Waals surface area contributed by atoms with Gasteiger partial charge in [0.05, 0.1) is 11.6 Å². The highest BCUT2D eigenvalue weighted by atomic mass is 35.5. The standard InChI is InChI=1S/C45H58ClN7O10/c1-4-27(2)39-42(59)49-35(21-15-28-13-18-31(54)19-14-28)43(60)53(3)26-38(56)48-34(20-16-30-17-22-37(55)32(46)24-30)40(57)47-23-9-8-12-33(41(58)52-39)50-45(63)51-36(44(61)62)25-29-10-6-5-7-11-29/h5-7,10-11,13-14,17-19,22,24,27,33-36,39,54-55H,4,8-9,12,15-16,20-21,23,25-26H2,1-3H3,(H,47,57)(H,48,56)(H,49,59)(H,52,58)(H,61,62)(H2,50,51,63)/t27-,33-,34+,35+,36+,39+/m1/s1. The Hall–Kier alpha value is -6.36. The molecule has 0 saturated carbocycles. The maximum absolute atomic E-state index is 14.2. The highest BCUT2D eigenvalue weighted by Crippen LogP contribution is 2.24. The number of aryl methyl sites for hydroxylation is 2. The number of carboxylic acids is 1. The van der Waals surface area contributed by atoms with Gasteiger partial charge in [0, 0.05) is 20.0 Å². The predicted octanol–water partition coefficient (Wildman–Crippen LogP) is 2.94. The van der Waals surface area contributed by atoms with Crippen LogP contribution in [0.5, 0.6) is 11.5 Å². The van der Waals surface area contributed by atoms with Crippen LogP contribution in [-0.4, -0.2) is 112 Å². The van der Waals surface area contributed by atoms with E-state index < -0.39 is 84.2 Å². The molecule has 4 rings (SSSR count). The second kappa shape index (κ2) is 24.3. The van der Waals surface area contributed by atoms with Crippen molar-refractivity contribution in [2.45, 2.75) is 102 Å². The van der Waals surface area contributed by atoms with Gasteiger partial charge < -0.3 is 52.1 Å². The summed E-state index contributed by atoms with van der Waals surface area (Å²) in [6.07, 6.45) is 1.81. The number of aliphatic carboxylic acids is 1. The lowest BCUT2D eigenvalue weighted by Crippen LogP contribution is -2.60. The van der Waals surface area contributed by atoms with E-state index in [1.54, 1.807) is 61.5 Å². The molecule has 63 heavy (non-hydrogen) atoms. The molecule has 3 aromatic rings. The van der Waals surface area contributed by atoms with Crippen molar-refractivity contribution in [3.8, 4) is 11.5 Å². The highest BCUT2D eigenvalue weighted by Gasteiger charge is 2.34. The van der Waals surface area contributed by atoms with Crippen molar-refractivity contribution in [1.82, 2.24) is 36.8 Å². The molecule has 1 aliphatic heterocycles. The van der Waals surface area contributed by atoms with Crippen LogP contribution in [0.3, 0.4) is 0 Å². The van der Waals surface area contributed by atoms with E-state index >= 15 is 0 Å². The van der Waals surface area contributed by atoms with Gasteiger partial charge in [-0.15, -0.1) is 0 Å². The molecule has 0 aromatic heterocycles. The topological polar surface area (TPSA) is 256 Å². The first-order valence-corrected chi connectivity index (χ1v) is 21.4. The third kappa shape index (κ3) is 15.8. The third-order valence-corrected chi connectivity index (χ3v) is 11.2. The highest BCUT2D eigenvalue weighted by molar-refractivity contribution is 6.32. The first kappa shape index (κ1) is 49.3. The van der Waals surface area contributed by atoms with Crippen LogP contribution in [0.25, 0.3) is 0 Å². The smallest absolute Gasteiger partial charge is 0.326 e. The molecule has 0 aliphatic carbocycles. The van der Waals surface area contributed by atoms with Gasteiger partial charge in [-0.25, -0.2) is 9.59 Å². The van der Waals surface area contributed by atoms with E-state index in [1.165, 1.54) is 25.2 Å². The van der Waals surface area contributed by atoms with Gasteiger partial charge in [-0.3, -0.25) is 24.0 Å². The molecule has 18 heteroatoms. The van der Waals surface area contributed by atoms with E-state index in [0.717, 1.165) is 10.5 Å². The van der Waals surface area contributed by atoms with Crippen molar-refractivity contribution in [2.24, 2.45) is 5.92 Å². The molecule has 0 spiro atoms. The van der Waals surface area contributed by atoms with Gasteiger partial charge in [-0.2, -0.15) is 0 Å². The molecule has 1 heterocycles. The Morgan fingerprint density at radius 2 is 1.49 bits per heavy atom. The zero-order valence-corrected chi connectivity index (χ0v) is 36.5. The van der Waals surface area contributed by atoms with Crippen molar-refractivity contribution in [3.05, 3.63) is 94.5 Å². The lowest BCUT2D eigenvalue weighted by molar-refractivity contribution is -0.140. The summed E-state index contributed by atoms with van der Waals surface area (Å²) in [5, 5.41) is 45.8. The average molecular weight is 892 g/mol. The van der Waals surface area contributed by atoms with Gasteiger partial charge in [0.2, 0.25) is 29.5 Å². The molecule has 1 aliphatic rings. The lowest BCUT2D eigenvalue weighted by Gasteiger charge is -2.30. The van der Waals surface area contributed by atoms with Crippen molar-refractivity contribution < 1.29 is 48.9 Å². The predicted molar refractivity (Wildman–Crippen MR) is 235 cm³/mol. The number of urea groups is 1. The largest absolute Gasteiger partial charge is 0.508 e. The number of halogens is 1. The van der Waals surface area contributed by atoms with Crippen LogP contribution >= 0.6 is 11.6 Å². The molecule has 340 valence electrons. The number of carbonyl (C=O) groups excluding carboxylic acids is 6.